The molecule has 0 saturated carbocycles. The molecule has 1 saturated heterocycles. The number of dihydropyridines is 1. The molecule has 0 aromatic heterocycles. The summed E-state index contributed by atoms with van der Waals surface area (Å²) in [5.41, 5.74) is 7.07. The third-order valence-electron chi connectivity index (χ3n) is 3.43. The topological polar surface area (TPSA) is 41.3 Å². The highest BCUT2D eigenvalue weighted by Crippen LogP contribution is 2.22. The summed E-state index contributed by atoms with van der Waals surface area (Å²) < 4.78 is 0. The zero-order chi connectivity index (χ0) is 10.7. The number of likely N-dealkylation sites (tertiary alicyclic amines) is 1. The van der Waals surface area contributed by atoms with Crippen molar-refractivity contribution in [1.29, 1.82) is 0 Å². The van der Waals surface area contributed by atoms with Crippen LogP contribution in [0.15, 0.2) is 23.9 Å². The Labute approximate surface area is 92.0 Å². The van der Waals surface area contributed by atoms with Crippen LogP contribution in [0.5, 0.6) is 0 Å². The third-order valence-corrected chi connectivity index (χ3v) is 3.43. The van der Waals surface area contributed by atoms with Crippen LogP contribution in [-0.2, 0) is 0 Å². The lowest BCUT2D eigenvalue weighted by Crippen LogP contribution is -2.52. The molecule has 1 unspecified atom stereocenters. The van der Waals surface area contributed by atoms with Crippen LogP contribution in [0.1, 0.15) is 26.2 Å². The highest BCUT2D eigenvalue weighted by atomic mass is 15.3. The fourth-order valence-corrected chi connectivity index (χ4v) is 2.51. The largest absolute Gasteiger partial charge is 0.372 e. The Balaban J connectivity index is 2.08. The summed E-state index contributed by atoms with van der Waals surface area (Å²) in [5, 5.41) is 3.42. The Hall–Kier alpha value is -0.800. The maximum Gasteiger partial charge on any atom is 0.103 e. The van der Waals surface area contributed by atoms with E-state index in [2.05, 4.69) is 23.2 Å². The highest BCUT2D eigenvalue weighted by molar-refractivity contribution is 5.23. The van der Waals surface area contributed by atoms with Gasteiger partial charge in [-0.2, -0.15) is 0 Å². The molecule has 0 radical (unpaired) electrons. The van der Waals surface area contributed by atoms with Crippen molar-refractivity contribution in [2.75, 3.05) is 13.1 Å². The summed E-state index contributed by atoms with van der Waals surface area (Å²) in [4.78, 5) is 2.53. The molecule has 0 spiro atoms. The molecule has 84 valence electrons. The van der Waals surface area contributed by atoms with Gasteiger partial charge in [0.05, 0.1) is 0 Å². The van der Waals surface area contributed by atoms with Crippen LogP contribution >= 0.6 is 0 Å². The normalized spacial score (nSPS) is 32.3. The standard InChI is InChI=1S/C12H21N3/c1-10-5-2-3-8-15(10)12-11(9-13)6-4-7-14-12/h4,6-7,10,12,14H,2-3,5,8-9,13H2,1H3/t10-,12?/m0/s1. The number of nitrogens with two attached hydrogens (primary N) is 1. The first kappa shape index (κ1) is 10.7. The van der Waals surface area contributed by atoms with Gasteiger partial charge in [-0.25, -0.2) is 0 Å². The van der Waals surface area contributed by atoms with Crippen molar-refractivity contribution < 1.29 is 0 Å². The first-order valence-corrected chi connectivity index (χ1v) is 5.90. The second-order valence-electron chi connectivity index (χ2n) is 4.46. The second kappa shape index (κ2) is 4.81. The predicted octanol–water partition coefficient (Wildman–Crippen LogP) is 1.19. The van der Waals surface area contributed by atoms with Crippen LogP contribution in [0.25, 0.3) is 0 Å². The van der Waals surface area contributed by atoms with E-state index >= 15 is 0 Å². The van der Waals surface area contributed by atoms with Gasteiger partial charge in [0.25, 0.3) is 0 Å². The van der Waals surface area contributed by atoms with Gasteiger partial charge in [0.2, 0.25) is 0 Å². The summed E-state index contributed by atoms with van der Waals surface area (Å²) in [5.74, 6) is 0. The molecule has 0 aromatic carbocycles. The van der Waals surface area contributed by atoms with E-state index < -0.39 is 0 Å². The molecule has 1 fully saturated rings. The van der Waals surface area contributed by atoms with E-state index in [1.807, 2.05) is 12.3 Å². The molecule has 2 rings (SSSR count). The van der Waals surface area contributed by atoms with Gasteiger partial charge in [-0.15, -0.1) is 0 Å². The fourth-order valence-electron chi connectivity index (χ4n) is 2.51. The van der Waals surface area contributed by atoms with E-state index in [1.54, 1.807) is 0 Å². The van der Waals surface area contributed by atoms with Crippen molar-refractivity contribution in [3.8, 4) is 0 Å². The molecule has 0 bridgehead atoms. The van der Waals surface area contributed by atoms with Crippen LogP contribution in [0, 0.1) is 0 Å². The molecule has 0 aromatic rings. The quantitative estimate of drug-likeness (QED) is 0.714. The molecule has 2 aliphatic rings. The van der Waals surface area contributed by atoms with Crippen molar-refractivity contribution in [3.05, 3.63) is 23.9 Å². The molecule has 2 atom stereocenters. The number of hydrogen-bond acceptors (Lipinski definition) is 3. The minimum atomic E-state index is 0.329. The van der Waals surface area contributed by atoms with Crippen molar-refractivity contribution in [3.63, 3.8) is 0 Å². The van der Waals surface area contributed by atoms with Crippen LogP contribution < -0.4 is 11.1 Å². The zero-order valence-electron chi connectivity index (χ0n) is 9.45. The summed E-state index contributed by atoms with van der Waals surface area (Å²) >= 11 is 0. The van der Waals surface area contributed by atoms with Gasteiger partial charge in [-0.05, 0) is 37.6 Å². The lowest BCUT2D eigenvalue weighted by Gasteiger charge is -2.41. The summed E-state index contributed by atoms with van der Waals surface area (Å²) in [7, 11) is 0. The molecule has 3 nitrogen and oxygen atoms in total. The van der Waals surface area contributed by atoms with Gasteiger partial charge in [-0.3, -0.25) is 4.90 Å². The summed E-state index contributed by atoms with van der Waals surface area (Å²) in [6, 6.07) is 0.665. The van der Waals surface area contributed by atoms with Gasteiger partial charge >= 0.3 is 0 Å². The lowest BCUT2D eigenvalue weighted by atomic mass is 10.00. The molecule has 15 heavy (non-hydrogen) atoms. The molecule has 2 heterocycles. The molecule has 0 aliphatic carbocycles. The van der Waals surface area contributed by atoms with Crippen LogP contribution in [-0.4, -0.2) is 30.2 Å². The number of rotatable bonds is 2. The maximum atomic E-state index is 5.78. The van der Waals surface area contributed by atoms with E-state index in [4.69, 9.17) is 5.73 Å². The number of piperidine rings is 1. The monoisotopic (exact) mass is 207 g/mol. The Morgan fingerprint density at radius 2 is 2.40 bits per heavy atom. The molecule has 2 aliphatic heterocycles. The van der Waals surface area contributed by atoms with Gasteiger partial charge in [0.15, 0.2) is 0 Å². The van der Waals surface area contributed by atoms with E-state index in [9.17, 15) is 0 Å². The van der Waals surface area contributed by atoms with Crippen LogP contribution in [0.3, 0.4) is 0 Å². The maximum absolute atomic E-state index is 5.78. The van der Waals surface area contributed by atoms with E-state index in [-0.39, 0.29) is 0 Å². The van der Waals surface area contributed by atoms with Crippen molar-refractivity contribution in [2.24, 2.45) is 5.73 Å². The van der Waals surface area contributed by atoms with Crippen molar-refractivity contribution in [2.45, 2.75) is 38.4 Å². The summed E-state index contributed by atoms with van der Waals surface area (Å²) in [6.45, 7) is 4.14. The average Bonchev–Trinajstić information content (AvgIpc) is 2.30. The minimum Gasteiger partial charge on any atom is -0.372 e. The number of nitrogens with one attached hydrogen (secondary N) is 1. The first-order chi connectivity index (χ1) is 7.33. The molecule has 0 amide bonds. The van der Waals surface area contributed by atoms with E-state index in [1.165, 1.54) is 31.4 Å². The smallest absolute Gasteiger partial charge is 0.103 e. The minimum absolute atomic E-state index is 0.329. The van der Waals surface area contributed by atoms with Crippen LogP contribution in [0.2, 0.25) is 0 Å². The number of allylic oxidation sites excluding steroid dienone is 2. The Morgan fingerprint density at radius 1 is 1.53 bits per heavy atom. The van der Waals surface area contributed by atoms with Crippen molar-refractivity contribution >= 4 is 0 Å². The van der Waals surface area contributed by atoms with E-state index in [0.29, 0.717) is 18.8 Å². The zero-order valence-corrected chi connectivity index (χ0v) is 9.45. The predicted molar refractivity (Wildman–Crippen MR) is 63.2 cm³/mol. The third kappa shape index (κ3) is 2.24. The molecular weight excluding hydrogens is 186 g/mol. The number of hydrogen-bond donors (Lipinski definition) is 2. The Bertz CT molecular complexity index is 270. The van der Waals surface area contributed by atoms with Gasteiger partial charge in [0, 0.05) is 19.1 Å². The van der Waals surface area contributed by atoms with E-state index in [0.717, 1.165) is 0 Å². The van der Waals surface area contributed by atoms with Crippen LogP contribution in [0.4, 0.5) is 0 Å². The van der Waals surface area contributed by atoms with Crippen molar-refractivity contribution in [1.82, 2.24) is 10.2 Å². The lowest BCUT2D eigenvalue weighted by molar-refractivity contribution is 0.110. The highest BCUT2D eigenvalue weighted by Gasteiger charge is 2.27. The second-order valence-corrected chi connectivity index (χ2v) is 4.46. The number of nitrogens with zero attached hydrogens (tertiary/aromatic N) is 1. The Morgan fingerprint density at radius 3 is 3.13 bits per heavy atom. The molecular formula is C12H21N3. The molecule has 3 N–H and O–H groups in total. The summed E-state index contributed by atoms with van der Waals surface area (Å²) in [6.07, 6.45) is 10.5. The SMILES string of the molecule is C[C@H]1CCCCN1C1NC=CC=C1CN. The fraction of sp³-hybridized carbons (Fsp3) is 0.667. The van der Waals surface area contributed by atoms with Gasteiger partial charge in [-0.1, -0.05) is 12.5 Å². The molecule has 3 heteroatoms. The Kier molecular flexibility index (Phi) is 3.44. The average molecular weight is 207 g/mol. The van der Waals surface area contributed by atoms with Gasteiger partial charge < -0.3 is 11.1 Å². The first-order valence-electron chi connectivity index (χ1n) is 5.90. The van der Waals surface area contributed by atoms with Gasteiger partial charge in [0.1, 0.15) is 6.17 Å².